The van der Waals surface area contributed by atoms with Crippen LogP contribution in [0.4, 0.5) is 0 Å². The van der Waals surface area contributed by atoms with Gasteiger partial charge in [-0.3, -0.25) is 0 Å². The molecule has 0 aliphatic rings. The number of hydrogen-bond donors (Lipinski definition) is 3. The maximum absolute atomic E-state index is 11.7. The second kappa shape index (κ2) is 8.23. The third kappa shape index (κ3) is 5.26. The van der Waals surface area contributed by atoms with Crippen molar-refractivity contribution < 1.29 is 24.9 Å². The molecule has 0 radical (unpaired) electrons. The SMILES string of the molecule is CC(C)(C)CC(C)(C)c1cc(COc2ccccc2CO)c(O)c(C(=O)O)c1. The number of carboxylic acids is 1. The van der Waals surface area contributed by atoms with Crippen molar-refractivity contribution in [1.82, 2.24) is 0 Å². The van der Waals surface area contributed by atoms with E-state index in [2.05, 4.69) is 34.6 Å². The van der Waals surface area contributed by atoms with Crippen molar-refractivity contribution in [1.29, 1.82) is 0 Å². The molecule has 2 rings (SSSR count). The van der Waals surface area contributed by atoms with Gasteiger partial charge in [0.2, 0.25) is 0 Å². The molecule has 0 heterocycles. The molecule has 0 unspecified atom stereocenters. The van der Waals surface area contributed by atoms with Crippen molar-refractivity contribution in [2.75, 3.05) is 0 Å². The van der Waals surface area contributed by atoms with Gasteiger partial charge in [0.1, 0.15) is 23.7 Å². The summed E-state index contributed by atoms with van der Waals surface area (Å²) in [5.41, 5.74) is 1.52. The lowest BCUT2D eigenvalue weighted by Crippen LogP contribution is -2.25. The lowest BCUT2D eigenvalue weighted by atomic mass is 9.71. The molecule has 0 fully saturated rings. The summed E-state index contributed by atoms with van der Waals surface area (Å²) in [6.45, 7) is 10.4. The fourth-order valence-electron chi connectivity index (χ4n) is 3.72. The van der Waals surface area contributed by atoms with E-state index in [4.69, 9.17) is 4.74 Å². The number of para-hydroxylation sites is 1. The first-order valence-electron chi connectivity index (χ1n) is 9.36. The van der Waals surface area contributed by atoms with Crippen LogP contribution in [0.3, 0.4) is 0 Å². The quantitative estimate of drug-likeness (QED) is 0.631. The number of carbonyl (C=O) groups is 1. The van der Waals surface area contributed by atoms with Crippen LogP contribution >= 0.6 is 0 Å². The topological polar surface area (TPSA) is 87.0 Å². The van der Waals surface area contributed by atoms with Gasteiger partial charge in [-0.15, -0.1) is 0 Å². The highest BCUT2D eigenvalue weighted by atomic mass is 16.5. The molecule has 0 saturated carbocycles. The number of benzene rings is 2. The van der Waals surface area contributed by atoms with E-state index in [9.17, 15) is 20.1 Å². The van der Waals surface area contributed by atoms with E-state index in [0.717, 1.165) is 12.0 Å². The summed E-state index contributed by atoms with van der Waals surface area (Å²) in [4.78, 5) is 11.7. The van der Waals surface area contributed by atoms with Gasteiger partial charge in [-0.05, 0) is 41.0 Å². The Morgan fingerprint density at radius 3 is 2.25 bits per heavy atom. The number of aliphatic hydroxyl groups is 1. The standard InChI is InChI=1S/C23H30O5/c1-22(2,3)14-23(4,5)17-10-16(20(25)18(11-17)21(26)27)13-28-19-9-7-6-8-15(19)12-24/h6-11,24-25H,12-14H2,1-5H3,(H,26,27). The molecule has 2 aromatic rings. The van der Waals surface area contributed by atoms with E-state index < -0.39 is 5.97 Å². The minimum atomic E-state index is -1.18. The van der Waals surface area contributed by atoms with Crippen LogP contribution < -0.4 is 4.74 Å². The zero-order chi connectivity index (χ0) is 21.1. The molecular weight excluding hydrogens is 356 g/mol. The van der Waals surface area contributed by atoms with Gasteiger partial charge in [0.05, 0.1) is 6.61 Å². The van der Waals surface area contributed by atoms with E-state index in [0.29, 0.717) is 16.9 Å². The summed E-state index contributed by atoms with van der Waals surface area (Å²) < 4.78 is 5.79. The van der Waals surface area contributed by atoms with E-state index >= 15 is 0 Å². The summed E-state index contributed by atoms with van der Waals surface area (Å²) in [6, 6.07) is 10.4. The molecule has 0 aromatic heterocycles. The molecular formula is C23H30O5. The molecule has 3 N–H and O–H groups in total. The predicted octanol–water partition coefficient (Wildman–Crippen LogP) is 4.88. The van der Waals surface area contributed by atoms with Crippen LogP contribution in [0.2, 0.25) is 0 Å². The smallest absolute Gasteiger partial charge is 0.339 e. The predicted molar refractivity (Wildman–Crippen MR) is 109 cm³/mol. The third-order valence-corrected chi connectivity index (χ3v) is 4.70. The lowest BCUT2D eigenvalue weighted by molar-refractivity contribution is 0.0693. The van der Waals surface area contributed by atoms with Gasteiger partial charge in [-0.25, -0.2) is 4.79 Å². The number of ether oxygens (including phenoxy) is 1. The lowest BCUT2D eigenvalue weighted by Gasteiger charge is -2.33. The highest BCUT2D eigenvalue weighted by Crippen LogP contribution is 2.39. The number of aliphatic hydroxyl groups excluding tert-OH is 1. The zero-order valence-electron chi connectivity index (χ0n) is 17.2. The molecule has 0 spiro atoms. The van der Waals surface area contributed by atoms with Crippen molar-refractivity contribution in [3.8, 4) is 11.5 Å². The monoisotopic (exact) mass is 386 g/mol. The Bertz CT molecular complexity index is 847. The van der Waals surface area contributed by atoms with Crippen LogP contribution in [-0.2, 0) is 18.6 Å². The molecule has 0 saturated heterocycles. The Hall–Kier alpha value is -2.53. The minimum absolute atomic E-state index is 0.00254. The average molecular weight is 386 g/mol. The van der Waals surface area contributed by atoms with Gasteiger partial charge >= 0.3 is 5.97 Å². The van der Waals surface area contributed by atoms with E-state index in [-0.39, 0.29) is 35.4 Å². The molecule has 0 amide bonds. The largest absolute Gasteiger partial charge is 0.507 e. The molecule has 152 valence electrons. The summed E-state index contributed by atoms with van der Waals surface area (Å²) in [5.74, 6) is -0.965. The molecule has 0 aliphatic carbocycles. The van der Waals surface area contributed by atoms with Crippen LogP contribution in [0.25, 0.3) is 0 Å². The number of hydrogen-bond acceptors (Lipinski definition) is 4. The van der Waals surface area contributed by atoms with E-state index in [1.807, 2.05) is 6.07 Å². The minimum Gasteiger partial charge on any atom is -0.507 e. The third-order valence-electron chi connectivity index (χ3n) is 4.70. The van der Waals surface area contributed by atoms with Gasteiger partial charge in [-0.2, -0.15) is 0 Å². The van der Waals surface area contributed by atoms with Crippen molar-refractivity contribution in [2.45, 2.75) is 59.7 Å². The van der Waals surface area contributed by atoms with Crippen molar-refractivity contribution in [3.05, 3.63) is 58.7 Å². The summed E-state index contributed by atoms with van der Waals surface area (Å²) in [5, 5.41) is 29.5. The molecule has 0 aliphatic heterocycles. The number of aromatic carboxylic acids is 1. The number of rotatable bonds is 7. The fourth-order valence-corrected chi connectivity index (χ4v) is 3.72. The molecule has 0 atom stereocenters. The van der Waals surface area contributed by atoms with Crippen LogP contribution in [0, 0.1) is 5.41 Å². The first-order chi connectivity index (χ1) is 12.9. The van der Waals surface area contributed by atoms with Crippen molar-refractivity contribution in [3.63, 3.8) is 0 Å². The van der Waals surface area contributed by atoms with Crippen LogP contribution in [-0.4, -0.2) is 21.3 Å². The van der Waals surface area contributed by atoms with Crippen LogP contribution in [0.15, 0.2) is 36.4 Å². The normalized spacial score (nSPS) is 12.1. The summed E-state index contributed by atoms with van der Waals surface area (Å²) in [6.07, 6.45) is 0.845. The highest BCUT2D eigenvalue weighted by Gasteiger charge is 2.29. The Kier molecular flexibility index (Phi) is 6.40. The number of carboxylic acid groups (broad SMARTS) is 1. The first-order valence-corrected chi connectivity index (χ1v) is 9.36. The summed E-state index contributed by atoms with van der Waals surface area (Å²) in [7, 11) is 0. The molecule has 28 heavy (non-hydrogen) atoms. The number of phenols is 1. The Morgan fingerprint density at radius 1 is 1.04 bits per heavy atom. The maximum atomic E-state index is 11.7. The second-order valence-corrected chi connectivity index (χ2v) is 9.01. The van der Waals surface area contributed by atoms with Crippen LogP contribution in [0.1, 0.15) is 68.1 Å². The van der Waals surface area contributed by atoms with Gasteiger partial charge in [-0.1, -0.05) is 52.8 Å². The molecule has 5 heteroatoms. The highest BCUT2D eigenvalue weighted by molar-refractivity contribution is 5.91. The van der Waals surface area contributed by atoms with Gasteiger partial charge in [0, 0.05) is 11.1 Å². The maximum Gasteiger partial charge on any atom is 0.339 e. The average Bonchev–Trinajstić information content (AvgIpc) is 2.58. The molecule has 0 bridgehead atoms. The fraction of sp³-hybridized carbons (Fsp3) is 0.435. The molecule has 2 aromatic carbocycles. The van der Waals surface area contributed by atoms with Crippen LogP contribution in [0.5, 0.6) is 11.5 Å². The zero-order valence-corrected chi connectivity index (χ0v) is 17.2. The first kappa shape index (κ1) is 21.8. The molecule has 5 nitrogen and oxygen atoms in total. The van der Waals surface area contributed by atoms with Crippen molar-refractivity contribution >= 4 is 5.97 Å². The van der Waals surface area contributed by atoms with Crippen molar-refractivity contribution in [2.24, 2.45) is 5.41 Å². The van der Waals surface area contributed by atoms with E-state index in [1.165, 1.54) is 0 Å². The van der Waals surface area contributed by atoms with Gasteiger partial charge in [0.15, 0.2) is 0 Å². The Morgan fingerprint density at radius 2 is 1.68 bits per heavy atom. The van der Waals surface area contributed by atoms with E-state index in [1.54, 1.807) is 30.3 Å². The Labute approximate surface area is 166 Å². The van der Waals surface area contributed by atoms with Gasteiger partial charge < -0.3 is 20.1 Å². The van der Waals surface area contributed by atoms with Gasteiger partial charge in [0.25, 0.3) is 0 Å². The summed E-state index contributed by atoms with van der Waals surface area (Å²) >= 11 is 0. The Balaban J connectivity index is 2.43. The number of aromatic hydroxyl groups is 1. The second-order valence-electron chi connectivity index (χ2n) is 9.01.